The highest BCUT2D eigenvalue weighted by atomic mass is 32.2. The molecule has 33 heavy (non-hydrogen) atoms. The van der Waals surface area contributed by atoms with E-state index in [1.54, 1.807) is 6.07 Å². The van der Waals surface area contributed by atoms with Gasteiger partial charge in [0.05, 0.1) is 26.9 Å². The van der Waals surface area contributed by atoms with E-state index < -0.39 is 0 Å². The van der Waals surface area contributed by atoms with Crippen LogP contribution in [0.1, 0.15) is 41.8 Å². The number of carbonyl (C=O) groups excluding carboxylic acids is 2. The van der Waals surface area contributed by atoms with E-state index >= 15 is 0 Å². The topological polar surface area (TPSA) is 102 Å². The van der Waals surface area contributed by atoms with Gasteiger partial charge < -0.3 is 15.2 Å². The zero-order valence-electron chi connectivity index (χ0n) is 18.4. The number of thiophene rings is 1. The fraction of sp³-hybridized carbons (Fsp3) is 0.318. The summed E-state index contributed by atoms with van der Waals surface area (Å²) in [6.07, 6.45) is 0.728. The van der Waals surface area contributed by atoms with E-state index in [1.807, 2.05) is 47.3 Å². The summed E-state index contributed by atoms with van der Waals surface area (Å²) >= 11 is 4.14. The van der Waals surface area contributed by atoms with Crippen LogP contribution in [-0.2, 0) is 11.8 Å². The first-order valence-corrected chi connectivity index (χ1v) is 13.1. The van der Waals surface area contributed by atoms with Crippen LogP contribution < -0.4 is 10.6 Å². The van der Waals surface area contributed by atoms with Gasteiger partial charge in [0.15, 0.2) is 16.1 Å². The number of hydrogen-bond donors (Lipinski definition) is 2. The second-order valence-corrected chi connectivity index (χ2v) is 10.8. The van der Waals surface area contributed by atoms with E-state index in [0.29, 0.717) is 26.9 Å². The highest BCUT2D eigenvalue weighted by Gasteiger charge is 2.24. The maximum absolute atomic E-state index is 12.6. The van der Waals surface area contributed by atoms with E-state index in [0.717, 1.165) is 16.6 Å². The van der Waals surface area contributed by atoms with Crippen molar-refractivity contribution in [2.45, 2.75) is 31.5 Å². The lowest BCUT2D eigenvalue weighted by molar-refractivity contribution is -0.113. The number of nitrogens with one attached hydrogen (secondary N) is 2. The SMILES string of the molecule is CC(C)C[C@H](NC(=O)c1cccs1)c1nnc(SCC(=O)Nc2nc3ccccc3s2)n1C. The van der Waals surface area contributed by atoms with Gasteiger partial charge in [0.2, 0.25) is 5.91 Å². The average Bonchev–Trinajstić information content (AvgIpc) is 3.51. The van der Waals surface area contributed by atoms with Gasteiger partial charge in [-0.05, 0) is 35.9 Å². The third kappa shape index (κ3) is 5.79. The Labute approximate surface area is 203 Å². The molecule has 4 rings (SSSR count). The molecule has 3 heterocycles. The third-order valence-electron chi connectivity index (χ3n) is 4.81. The second-order valence-electron chi connectivity index (χ2n) is 7.86. The average molecular weight is 501 g/mol. The molecule has 4 aromatic rings. The van der Waals surface area contributed by atoms with Crippen molar-refractivity contribution in [2.24, 2.45) is 13.0 Å². The van der Waals surface area contributed by atoms with Crippen LogP contribution in [0, 0.1) is 5.92 Å². The Morgan fingerprint density at radius 1 is 1.15 bits per heavy atom. The molecule has 0 unspecified atom stereocenters. The highest BCUT2D eigenvalue weighted by molar-refractivity contribution is 7.99. The maximum atomic E-state index is 12.6. The molecule has 0 bridgehead atoms. The number of carbonyl (C=O) groups is 2. The van der Waals surface area contributed by atoms with Gasteiger partial charge in [0.1, 0.15) is 0 Å². The quantitative estimate of drug-likeness (QED) is 0.322. The molecule has 0 saturated heterocycles. The van der Waals surface area contributed by atoms with Crippen LogP contribution in [0.5, 0.6) is 0 Å². The molecule has 0 aliphatic carbocycles. The molecule has 0 aliphatic heterocycles. The minimum atomic E-state index is -0.275. The highest BCUT2D eigenvalue weighted by Crippen LogP contribution is 2.27. The largest absolute Gasteiger partial charge is 0.341 e. The van der Waals surface area contributed by atoms with Gasteiger partial charge in [-0.15, -0.1) is 21.5 Å². The van der Waals surface area contributed by atoms with Crippen molar-refractivity contribution in [3.63, 3.8) is 0 Å². The first-order chi connectivity index (χ1) is 15.9. The molecule has 11 heteroatoms. The number of hydrogen-bond acceptors (Lipinski definition) is 8. The molecule has 8 nitrogen and oxygen atoms in total. The number of thioether (sulfide) groups is 1. The number of anilines is 1. The Hall–Kier alpha value is -2.76. The number of benzene rings is 1. The predicted octanol–water partition coefficient (Wildman–Crippen LogP) is 4.73. The fourth-order valence-corrected chi connectivity index (χ4v) is 5.53. The third-order valence-corrected chi connectivity index (χ3v) is 7.65. The molecule has 0 radical (unpaired) electrons. The summed E-state index contributed by atoms with van der Waals surface area (Å²) in [6.45, 7) is 4.20. The van der Waals surface area contributed by atoms with Crippen molar-refractivity contribution in [2.75, 3.05) is 11.1 Å². The van der Waals surface area contributed by atoms with Crippen molar-refractivity contribution >= 4 is 61.6 Å². The minimum Gasteiger partial charge on any atom is -0.341 e. The molecule has 3 aromatic heterocycles. The zero-order chi connectivity index (χ0) is 23.4. The van der Waals surface area contributed by atoms with Crippen molar-refractivity contribution in [3.8, 4) is 0 Å². The van der Waals surface area contributed by atoms with E-state index in [1.165, 1.54) is 34.4 Å². The van der Waals surface area contributed by atoms with Gasteiger partial charge >= 0.3 is 0 Å². The summed E-state index contributed by atoms with van der Waals surface area (Å²) < 4.78 is 2.87. The number of para-hydroxylation sites is 1. The Balaban J connectivity index is 1.40. The molecule has 2 amide bonds. The number of nitrogens with zero attached hydrogens (tertiary/aromatic N) is 4. The molecular formula is C22H24N6O2S3. The molecule has 0 aliphatic rings. The fourth-order valence-electron chi connectivity index (χ4n) is 3.30. The summed E-state index contributed by atoms with van der Waals surface area (Å²) in [4.78, 5) is 30.2. The number of thiazole rings is 1. The molecule has 172 valence electrons. The van der Waals surface area contributed by atoms with Crippen molar-refractivity contribution in [1.29, 1.82) is 0 Å². The molecule has 1 aromatic carbocycles. The van der Waals surface area contributed by atoms with Crippen molar-refractivity contribution in [3.05, 3.63) is 52.5 Å². The van der Waals surface area contributed by atoms with E-state index in [-0.39, 0.29) is 23.6 Å². The standard InChI is InChI=1S/C22H24N6O2S3/c1-13(2)11-15(23-20(30)17-9-6-10-31-17)19-26-27-22(28(19)3)32-12-18(29)25-21-24-14-7-4-5-8-16(14)33-21/h4-10,13,15H,11-12H2,1-3H3,(H,23,30)(H,24,25,29)/t15-/m0/s1. The molecule has 1 atom stereocenters. The summed E-state index contributed by atoms with van der Waals surface area (Å²) in [7, 11) is 1.85. The van der Waals surface area contributed by atoms with Gasteiger partial charge in [-0.1, -0.05) is 55.1 Å². The Morgan fingerprint density at radius 2 is 1.97 bits per heavy atom. The smallest absolute Gasteiger partial charge is 0.261 e. The Kier molecular flexibility index (Phi) is 7.41. The number of aromatic nitrogens is 4. The van der Waals surface area contributed by atoms with Crippen molar-refractivity contribution < 1.29 is 9.59 Å². The van der Waals surface area contributed by atoms with Crippen LogP contribution >= 0.6 is 34.4 Å². The summed E-state index contributed by atoms with van der Waals surface area (Å²) in [5, 5.41) is 17.6. The normalized spacial score (nSPS) is 12.2. The van der Waals surface area contributed by atoms with Crippen LogP contribution in [-0.4, -0.2) is 37.3 Å². The second kappa shape index (κ2) is 10.4. The van der Waals surface area contributed by atoms with E-state index in [2.05, 4.69) is 39.7 Å². The number of fused-ring (bicyclic) bond motifs is 1. The monoisotopic (exact) mass is 500 g/mol. The predicted molar refractivity (Wildman–Crippen MR) is 134 cm³/mol. The van der Waals surface area contributed by atoms with Crippen molar-refractivity contribution in [1.82, 2.24) is 25.1 Å². The molecular weight excluding hydrogens is 476 g/mol. The minimum absolute atomic E-state index is 0.122. The summed E-state index contributed by atoms with van der Waals surface area (Å²) in [5.41, 5.74) is 0.865. The van der Waals surface area contributed by atoms with Gasteiger partial charge in [-0.25, -0.2) is 4.98 Å². The van der Waals surface area contributed by atoms with Crippen LogP contribution in [0.15, 0.2) is 46.9 Å². The summed E-state index contributed by atoms with van der Waals surface area (Å²) in [5.74, 6) is 0.920. The lowest BCUT2D eigenvalue weighted by Crippen LogP contribution is -2.31. The lowest BCUT2D eigenvalue weighted by atomic mass is 10.0. The van der Waals surface area contributed by atoms with Crippen LogP contribution in [0.2, 0.25) is 0 Å². The maximum Gasteiger partial charge on any atom is 0.261 e. The van der Waals surface area contributed by atoms with Crippen LogP contribution in [0.3, 0.4) is 0 Å². The number of amides is 2. The van der Waals surface area contributed by atoms with Crippen LogP contribution in [0.25, 0.3) is 10.2 Å². The van der Waals surface area contributed by atoms with E-state index in [4.69, 9.17) is 0 Å². The Morgan fingerprint density at radius 3 is 2.70 bits per heavy atom. The number of rotatable bonds is 9. The zero-order valence-corrected chi connectivity index (χ0v) is 20.9. The van der Waals surface area contributed by atoms with Gasteiger partial charge in [0, 0.05) is 7.05 Å². The molecule has 0 saturated carbocycles. The molecule has 0 fully saturated rings. The summed E-state index contributed by atoms with van der Waals surface area (Å²) in [6, 6.07) is 11.1. The first-order valence-electron chi connectivity index (χ1n) is 10.4. The van der Waals surface area contributed by atoms with E-state index in [9.17, 15) is 9.59 Å². The lowest BCUT2D eigenvalue weighted by Gasteiger charge is -2.19. The first kappa shape index (κ1) is 23.4. The Bertz CT molecular complexity index is 1220. The van der Waals surface area contributed by atoms with Gasteiger partial charge in [-0.3, -0.25) is 9.59 Å². The van der Waals surface area contributed by atoms with Crippen LogP contribution in [0.4, 0.5) is 5.13 Å². The van der Waals surface area contributed by atoms with Gasteiger partial charge in [-0.2, -0.15) is 0 Å². The molecule has 2 N–H and O–H groups in total. The van der Waals surface area contributed by atoms with Gasteiger partial charge in [0.25, 0.3) is 5.91 Å². The molecule has 0 spiro atoms.